The molecule has 0 saturated heterocycles. The maximum atomic E-state index is 14.4. The molecule has 0 bridgehead atoms. The third-order valence-corrected chi connectivity index (χ3v) is 7.10. The number of carbonyl (C=O) groups excluding carboxylic acids is 1. The van der Waals surface area contributed by atoms with Crippen molar-refractivity contribution in [2.24, 2.45) is 0 Å². The van der Waals surface area contributed by atoms with Gasteiger partial charge in [-0.05, 0) is 59.9 Å². The van der Waals surface area contributed by atoms with Crippen LogP contribution in [0.3, 0.4) is 0 Å². The molecule has 4 aromatic carbocycles. The first kappa shape index (κ1) is 32.6. The molecule has 0 atom stereocenters. The molecule has 2 heterocycles. The van der Waals surface area contributed by atoms with Crippen LogP contribution in [-0.2, 0) is 30.3 Å². The maximum Gasteiger partial charge on any atom is 0.155 e. The van der Waals surface area contributed by atoms with Crippen molar-refractivity contribution in [3.8, 4) is 22.4 Å². The monoisotopic (exact) mass is 766 g/mol. The van der Waals surface area contributed by atoms with Crippen molar-refractivity contribution in [1.29, 1.82) is 0 Å². The number of benzene rings is 4. The Morgan fingerprint density at radius 1 is 0.864 bits per heavy atom. The summed E-state index contributed by atoms with van der Waals surface area (Å²) in [5, 5.41) is 13.5. The molecule has 0 aliphatic carbocycles. The van der Waals surface area contributed by atoms with Gasteiger partial charge in [-0.1, -0.05) is 62.1 Å². The van der Waals surface area contributed by atoms with E-state index in [0.29, 0.717) is 11.1 Å². The van der Waals surface area contributed by atoms with Crippen molar-refractivity contribution in [2.75, 3.05) is 0 Å². The van der Waals surface area contributed by atoms with Crippen LogP contribution in [0, 0.1) is 17.7 Å². The number of ketones is 1. The molecule has 0 aliphatic rings. The Bertz CT molecular complexity index is 2040. The van der Waals surface area contributed by atoms with Gasteiger partial charge >= 0.3 is 0 Å². The Labute approximate surface area is 268 Å². The molecule has 1 N–H and O–H groups in total. The van der Waals surface area contributed by atoms with E-state index in [1.165, 1.54) is 43.0 Å². The zero-order valence-electron chi connectivity index (χ0n) is 25.0. The SMILES string of the molecule is CC(=O)/C=C(/C)O.CC(C)(C)c1cc(-c2nccc3c2cnc2cc(-c4ccc(F)cc4F)ccc23)[c-]c2ccccc12.[Ir]. The molecule has 1 radical (unpaired) electrons. The second kappa shape index (κ2) is 13.1. The molecule has 0 unspecified atom stereocenters. The van der Waals surface area contributed by atoms with Crippen LogP contribution < -0.4 is 0 Å². The van der Waals surface area contributed by atoms with E-state index >= 15 is 0 Å². The summed E-state index contributed by atoms with van der Waals surface area (Å²) >= 11 is 0. The van der Waals surface area contributed by atoms with Gasteiger partial charge in [0.05, 0.1) is 11.3 Å². The molecular formula is C37H31F2IrN2O2-. The van der Waals surface area contributed by atoms with Crippen molar-refractivity contribution in [1.82, 2.24) is 9.97 Å². The maximum absolute atomic E-state index is 14.4. The summed E-state index contributed by atoms with van der Waals surface area (Å²) in [4.78, 5) is 19.5. The van der Waals surface area contributed by atoms with Gasteiger partial charge in [-0.25, -0.2) is 8.78 Å². The van der Waals surface area contributed by atoms with Gasteiger partial charge in [-0.3, -0.25) is 14.8 Å². The summed E-state index contributed by atoms with van der Waals surface area (Å²) in [6, 6.07) is 25.3. The summed E-state index contributed by atoms with van der Waals surface area (Å²) in [7, 11) is 0. The predicted molar refractivity (Wildman–Crippen MR) is 170 cm³/mol. The zero-order chi connectivity index (χ0) is 30.9. The normalized spacial score (nSPS) is 11.7. The Morgan fingerprint density at radius 3 is 2.27 bits per heavy atom. The van der Waals surface area contributed by atoms with Crippen LogP contribution in [-0.4, -0.2) is 20.9 Å². The fraction of sp³-hybridized carbons (Fsp3) is 0.162. The molecule has 4 nitrogen and oxygen atoms in total. The summed E-state index contributed by atoms with van der Waals surface area (Å²) < 4.78 is 27.8. The zero-order valence-corrected chi connectivity index (χ0v) is 27.4. The number of aliphatic hydroxyl groups is 1. The minimum Gasteiger partial charge on any atom is -0.512 e. The third-order valence-electron chi connectivity index (χ3n) is 7.10. The smallest absolute Gasteiger partial charge is 0.155 e. The van der Waals surface area contributed by atoms with E-state index in [1.807, 2.05) is 42.7 Å². The Kier molecular flexibility index (Phi) is 9.72. The van der Waals surface area contributed by atoms with Crippen LogP contribution in [0.1, 0.15) is 40.2 Å². The molecule has 44 heavy (non-hydrogen) atoms. The van der Waals surface area contributed by atoms with Crippen LogP contribution in [0.4, 0.5) is 8.78 Å². The minimum absolute atomic E-state index is 0. The number of aromatic nitrogens is 2. The topological polar surface area (TPSA) is 63.1 Å². The number of nitrogens with zero attached hydrogens (tertiary/aromatic N) is 2. The minimum atomic E-state index is -0.596. The van der Waals surface area contributed by atoms with Crippen molar-refractivity contribution in [3.63, 3.8) is 0 Å². The second-order valence-corrected chi connectivity index (χ2v) is 11.5. The van der Waals surface area contributed by atoms with Crippen molar-refractivity contribution in [2.45, 2.75) is 40.0 Å². The number of allylic oxidation sites excluding steroid dienone is 2. The molecule has 0 aliphatic heterocycles. The number of halogens is 2. The van der Waals surface area contributed by atoms with Crippen LogP contribution in [0.2, 0.25) is 0 Å². The van der Waals surface area contributed by atoms with E-state index < -0.39 is 11.6 Å². The quantitative estimate of drug-likeness (QED) is 0.0844. The average Bonchev–Trinajstić information content (AvgIpc) is 2.95. The number of hydrogen-bond acceptors (Lipinski definition) is 4. The molecule has 0 spiro atoms. The van der Waals surface area contributed by atoms with Crippen LogP contribution in [0.25, 0.3) is 54.8 Å². The average molecular weight is 766 g/mol. The summed E-state index contributed by atoms with van der Waals surface area (Å²) in [5.74, 6) is -1.25. The molecule has 2 aromatic heterocycles. The van der Waals surface area contributed by atoms with E-state index in [9.17, 15) is 13.6 Å². The summed E-state index contributed by atoms with van der Waals surface area (Å²) in [5.41, 5.74) is 4.67. The van der Waals surface area contributed by atoms with E-state index in [4.69, 9.17) is 15.1 Å². The van der Waals surface area contributed by atoms with Crippen LogP contribution >= 0.6 is 0 Å². The van der Waals surface area contributed by atoms with E-state index in [1.54, 1.807) is 0 Å². The molecule has 225 valence electrons. The van der Waals surface area contributed by atoms with Gasteiger partial charge in [0.1, 0.15) is 11.6 Å². The summed E-state index contributed by atoms with van der Waals surface area (Å²) in [6.45, 7) is 9.49. The molecule has 7 heteroatoms. The molecule has 0 fully saturated rings. The van der Waals surface area contributed by atoms with Gasteiger partial charge in [0.15, 0.2) is 5.78 Å². The number of carbonyl (C=O) groups is 1. The number of pyridine rings is 2. The van der Waals surface area contributed by atoms with E-state index in [0.717, 1.165) is 44.4 Å². The standard InChI is InChI=1S/C32H23F2N2.C5H8O2.Ir/c1-32(2,3)28-15-21(14-19-6-4-5-7-23(19)28)31-27-18-36-30-16-20(24-11-9-22(33)17-29(24)34)8-10-26(30)25(27)12-13-35-31;1-4(6)3-5(2)7;/h4-13,15-18H,1-3H3;3,6H,1-2H3;/q-1;;/b;4-3-;. The van der Waals surface area contributed by atoms with Crippen molar-refractivity contribution in [3.05, 3.63) is 120 Å². The molecule has 6 rings (SSSR count). The van der Waals surface area contributed by atoms with Gasteiger partial charge < -0.3 is 5.11 Å². The molecule has 6 aromatic rings. The number of aliphatic hydroxyl groups excluding tert-OH is 1. The molecular weight excluding hydrogens is 735 g/mol. The number of hydrogen-bond donors (Lipinski definition) is 1. The van der Waals surface area contributed by atoms with Gasteiger partial charge in [0.25, 0.3) is 0 Å². The first-order chi connectivity index (χ1) is 20.4. The Morgan fingerprint density at radius 2 is 1.61 bits per heavy atom. The molecule has 0 amide bonds. The second-order valence-electron chi connectivity index (χ2n) is 11.5. The first-order valence-electron chi connectivity index (χ1n) is 13.9. The Balaban J connectivity index is 0.000000497. The number of rotatable bonds is 3. The first-order valence-corrected chi connectivity index (χ1v) is 13.9. The van der Waals surface area contributed by atoms with Crippen molar-refractivity contribution < 1.29 is 38.8 Å². The fourth-order valence-corrected chi connectivity index (χ4v) is 5.22. The van der Waals surface area contributed by atoms with Crippen molar-refractivity contribution >= 4 is 38.2 Å². The van der Waals surface area contributed by atoms with Gasteiger partial charge in [0.2, 0.25) is 0 Å². The predicted octanol–water partition coefficient (Wildman–Crippen LogP) is 9.68. The summed E-state index contributed by atoms with van der Waals surface area (Å²) in [6.07, 6.45) is 4.80. The fourth-order valence-electron chi connectivity index (χ4n) is 5.22. The van der Waals surface area contributed by atoms with Gasteiger partial charge in [-0.2, -0.15) is 0 Å². The third kappa shape index (κ3) is 6.91. The largest absolute Gasteiger partial charge is 0.512 e. The van der Waals surface area contributed by atoms with Crippen LogP contribution in [0.5, 0.6) is 0 Å². The Hall–Kier alpha value is -4.32. The van der Waals surface area contributed by atoms with Crippen LogP contribution in [0.15, 0.2) is 97.0 Å². The van der Waals surface area contributed by atoms with Gasteiger partial charge in [-0.15, -0.1) is 29.1 Å². The van der Waals surface area contributed by atoms with Gasteiger partial charge in [0, 0.05) is 61.3 Å². The van der Waals surface area contributed by atoms with E-state index in [2.05, 4.69) is 51.1 Å². The molecule has 0 saturated carbocycles. The number of fused-ring (bicyclic) bond motifs is 4. The van der Waals surface area contributed by atoms with E-state index in [-0.39, 0.29) is 37.1 Å².